The molecule has 0 heterocycles. The standard InChI is InChI=1S/C23H37NO4/c1-16(2)21(23(4,5)6)18-12-14-20(15-13-18)26-17(3)27-28-22(25)24-19-10-8-7-9-11-19/h12-17,19,21H,7-11H2,1-6H3,(H,24,25). The van der Waals surface area contributed by atoms with E-state index in [1.807, 2.05) is 12.1 Å². The fourth-order valence-corrected chi connectivity index (χ4v) is 4.40. The van der Waals surface area contributed by atoms with Crippen molar-refractivity contribution in [3.8, 4) is 5.75 Å². The summed E-state index contributed by atoms with van der Waals surface area (Å²) in [5, 5.41) is 2.84. The summed E-state index contributed by atoms with van der Waals surface area (Å²) in [7, 11) is 0. The van der Waals surface area contributed by atoms with E-state index in [1.165, 1.54) is 12.0 Å². The summed E-state index contributed by atoms with van der Waals surface area (Å²) >= 11 is 0. The van der Waals surface area contributed by atoms with E-state index in [0.717, 1.165) is 25.7 Å². The number of amides is 1. The quantitative estimate of drug-likeness (QED) is 0.342. The summed E-state index contributed by atoms with van der Waals surface area (Å²) < 4.78 is 5.71. The molecule has 1 aliphatic carbocycles. The molecular weight excluding hydrogens is 354 g/mol. The van der Waals surface area contributed by atoms with E-state index >= 15 is 0 Å². The van der Waals surface area contributed by atoms with Crippen molar-refractivity contribution in [2.45, 2.75) is 91.9 Å². The minimum absolute atomic E-state index is 0.185. The highest BCUT2D eigenvalue weighted by molar-refractivity contribution is 5.66. The average molecular weight is 392 g/mol. The molecule has 2 rings (SSSR count). The van der Waals surface area contributed by atoms with Crippen LogP contribution in [0.25, 0.3) is 0 Å². The maximum atomic E-state index is 11.8. The molecule has 1 aromatic carbocycles. The van der Waals surface area contributed by atoms with Gasteiger partial charge in [-0.3, -0.25) is 4.89 Å². The molecule has 2 atom stereocenters. The molecule has 1 aliphatic rings. The molecule has 0 saturated heterocycles. The van der Waals surface area contributed by atoms with Crippen LogP contribution in [0.3, 0.4) is 0 Å². The molecule has 1 fully saturated rings. The summed E-state index contributed by atoms with van der Waals surface area (Å²) in [4.78, 5) is 21.8. The topological polar surface area (TPSA) is 56.8 Å². The maximum absolute atomic E-state index is 11.8. The molecule has 5 heteroatoms. The Balaban J connectivity index is 1.81. The molecule has 1 saturated carbocycles. The molecule has 1 amide bonds. The Labute approximate surface area is 170 Å². The zero-order chi connectivity index (χ0) is 20.7. The molecule has 5 nitrogen and oxygen atoms in total. The van der Waals surface area contributed by atoms with Gasteiger partial charge in [-0.15, -0.1) is 4.89 Å². The first-order valence-corrected chi connectivity index (χ1v) is 10.6. The Hall–Kier alpha value is -1.75. The SMILES string of the molecule is CC(OOC(=O)NC1CCCCC1)Oc1ccc(C(C(C)C)C(C)(C)C)cc1. The molecule has 0 aliphatic heterocycles. The van der Waals surface area contributed by atoms with Gasteiger partial charge in [-0.1, -0.05) is 66.0 Å². The summed E-state index contributed by atoms with van der Waals surface area (Å²) in [6.07, 6.45) is 4.29. The number of benzene rings is 1. The van der Waals surface area contributed by atoms with Crippen molar-refractivity contribution >= 4 is 6.09 Å². The molecule has 0 radical (unpaired) electrons. The molecular formula is C23H37NO4. The lowest BCUT2D eigenvalue weighted by Crippen LogP contribution is -2.37. The van der Waals surface area contributed by atoms with Gasteiger partial charge in [-0.05, 0) is 47.8 Å². The summed E-state index contributed by atoms with van der Waals surface area (Å²) in [5.41, 5.74) is 1.48. The first-order valence-electron chi connectivity index (χ1n) is 10.6. The highest BCUT2D eigenvalue weighted by atomic mass is 17.2. The van der Waals surface area contributed by atoms with Crippen molar-refractivity contribution in [2.24, 2.45) is 11.3 Å². The maximum Gasteiger partial charge on any atom is 0.439 e. The second kappa shape index (κ2) is 10.1. The van der Waals surface area contributed by atoms with Gasteiger partial charge < -0.3 is 10.1 Å². The van der Waals surface area contributed by atoms with Gasteiger partial charge in [0.15, 0.2) is 0 Å². The zero-order valence-corrected chi connectivity index (χ0v) is 18.3. The molecule has 0 spiro atoms. The second-order valence-electron chi connectivity index (χ2n) is 9.29. The molecule has 0 aromatic heterocycles. The van der Waals surface area contributed by atoms with Gasteiger partial charge in [0.2, 0.25) is 6.29 Å². The van der Waals surface area contributed by atoms with Crippen molar-refractivity contribution in [3.63, 3.8) is 0 Å². The second-order valence-corrected chi connectivity index (χ2v) is 9.29. The van der Waals surface area contributed by atoms with Crippen molar-refractivity contribution < 1.29 is 19.3 Å². The minimum atomic E-state index is -0.688. The van der Waals surface area contributed by atoms with E-state index in [4.69, 9.17) is 14.5 Å². The van der Waals surface area contributed by atoms with Crippen LogP contribution in [0.1, 0.15) is 85.1 Å². The lowest BCUT2D eigenvalue weighted by molar-refractivity contribution is -0.313. The van der Waals surface area contributed by atoms with Gasteiger partial charge in [-0.25, -0.2) is 4.79 Å². The van der Waals surface area contributed by atoms with Crippen LogP contribution in [0.4, 0.5) is 4.79 Å². The number of nitrogens with one attached hydrogen (secondary N) is 1. The van der Waals surface area contributed by atoms with Gasteiger partial charge in [0.1, 0.15) is 5.75 Å². The predicted molar refractivity (Wildman–Crippen MR) is 111 cm³/mol. The molecule has 2 unspecified atom stereocenters. The van der Waals surface area contributed by atoms with Crippen LogP contribution in [0, 0.1) is 11.3 Å². The van der Waals surface area contributed by atoms with E-state index in [-0.39, 0.29) is 11.5 Å². The Morgan fingerprint density at radius 3 is 2.18 bits per heavy atom. The van der Waals surface area contributed by atoms with Crippen LogP contribution in [0.15, 0.2) is 24.3 Å². The van der Waals surface area contributed by atoms with Crippen molar-refractivity contribution in [3.05, 3.63) is 29.8 Å². The number of ether oxygens (including phenoxy) is 1. The summed E-state index contributed by atoms with van der Waals surface area (Å²) in [6, 6.07) is 8.28. The third-order valence-electron chi connectivity index (χ3n) is 5.33. The predicted octanol–water partition coefficient (Wildman–Crippen LogP) is 6.19. The van der Waals surface area contributed by atoms with E-state index in [0.29, 0.717) is 17.6 Å². The van der Waals surface area contributed by atoms with Gasteiger partial charge in [-0.2, -0.15) is 0 Å². The number of hydrogen-bond donors (Lipinski definition) is 1. The smallest absolute Gasteiger partial charge is 0.439 e. The van der Waals surface area contributed by atoms with E-state index in [9.17, 15) is 4.79 Å². The van der Waals surface area contributed by atoms with E-state index < -0.39 is 12.4 Å². The van der Waals surface area contributed by atoms with Crippen LogP contribution in [0.2, 0.25) is 0 Å². The lowest BCUT2D eigenvalue weighted by Gasteiger charge is -2.34. The van der Waals surface area contributed by atoms with Gasteiger partial charge in [0.25, 0.3) is 0 Å². The normalized spacial score (nSPS) is 17.8. The third kappa shape index (κ3) is 7.01. The Morgan fingerprint density at radius 2 is 1.64 bits per heavy atom. The van der Waals surface area contributed by atoms with Crippen molar-refractivity contribution in [1.82, 2.24) is 5.32 Å². The van der Waals surface area contributed by atoms with Crippen LogP contribution >= 0.6 is 0 Å². The van der Waals surface area contributed by atoms with Crippen LogP contribution in [0.5, 0.6) is 5.75 Å². The zero-order valence-electron chi connectivity index (χ0n) is 18.3. The molecule has 1 aromatic rings. The number of carbonyl (C=O) groups is 1. The fraction of sp³-hybridized carbons (Fsp3) is 0.696. The molecule has 0 bridgehead atoms. The van der Waals surface area contributed by atoms with Crippen LogP contribution in [-0.2, 0) is 9.78 Å². The van der Waals surface area contributed by atoms with Gasteiger partial charge in [0.05, 0.1) is 0 Å². The number of hydrogen-bond acceptors (Lipinski definition) is 4. The lowest BCUT2D eigenvalue weighted by atomic mass is 9.70. The number of carbonyl (C=O) groups excluding carboxylic acids is 1. The van der Waals surface area contributed by atoms with Crippen molar-refractivity contribution in [1.29, 1.82) is 0 Å². The van der Waals surface area contributed by atoms with Gasteiger partial charge in [0, 0.05) is 13.0 Å². The van der Waals surface area contributed by atoms with Gasteiger partial charge >= 0.3 is 6.09 Å². The first kappa shape index (κ1) is 22.5. The number of rotatable bonds is 7. The molecule has 1 N–H and O–H groups in total. The Kier molecular flexibility index (Phi) is 8.17. The van der Waals surface area contributed by atoms with Crippen molar-refractivity contribution in [2.75, 3.05) is 0 Å². The Bertz CT molecular complexity index is 600. The highest BCUT2D eigenvalue weighted by Crippen LogP contribution is 2.40. The molecule has 28 heavy (non-hydrogen) atoms. The fourth-order valence-electron chi connectivity index (χ4n) is 4.40. The Morgan fingerprint density at radius 1 is 1.04 bits per heavy atom. The molecule has 158 valence electrons. The summed E-state index contributed by atoms with van der Waals surface area (Å²) in [5.74, 6) is 1.69. The largest absolute Gasteiger partial charge is 0.461 e. The average Bonchev–Trinajstić information content (AvgIpc) is 2.61. The van der Waals surface area contributed by atoms with Crippen LogP contribution < -0.4 is 10.1 Å². The summed E-state index contributed by atoms with van der Waals surface area (Å²) in [6.45, 7) is 13.0. The third-order valence-corrected chi connectivity index (χ3v) is 5.33. The minimum Gasteiger partial charge on any atom is -0.461 e. The van der Waals surface area contributed by atoms with E-state index in [2.05, 4.69) is 52.1 Å². The monoisotopic (exact) mass is 391 g/mol. The van der Waals surface area contributed by atoms with Crippen LogP contribution in [-0.4, -0.2) is 18.4 Å². The van der Waals surface area contributed by atoms with E-state index in [1.54, 1.807) is 6.92 Å². The highest BCUT2D eigenvalue weighted by Gasteiger charge is 2.29. The first-order chi connectivity index (χ1) is 13.2.